The van der Waals surface area contributed by atoms with Gasteiger partial charge in [0.15, 0.2) is 0 Å². The predicted octanol–water partition coefficient (Wildman–Crippen LogP) is 3.78. The van der Waals surface area contributed by atoms with Crippen molar-refractivity contribution in [2.24, 2.45) is 0 Å². The number of amides is 1. The van der Waals surface area contributed by atoms with E-state index in [0.717, 1.165) is 43.8 Å². The Labute approximate surface area is 146 Å². The molecule has 1 aromatic carbocycles. The summed E-state index contributed by atoms with van der Waals surface area (Å²) in [5.74, 6) is 0.0970. The Hall–Kier alpha value is -1.39. The van der Waals surface area contributed by atoms with Gasteiger partial charge in [-0.05, 0) is 57.2 Å². The van der Waals surface area contributed by atoms with Crippen LogP contribution in [0.2, 0.25) is 0 Å². The van der Waals surface area contributed by atoms with E-state index in [2.05, 4.69) is 30.3 Å². The van der Waals surface area contributed by atoms with Crippen molar-refractivity contribution in [2.45, 2.75) is 58.5 Å². The number of hydrogen-bond acceptors (Lipinski definition) is 3. The van der Waals surface area contributed by atoms with Gasteiger partial charge in [0.25, 0.3) is 0 Å². The molecule has 0 radical (unpaired) electrons. The van der Waals surface area contributed by atoms with Crippen LogP contribution in [-0.2, 0) is 16.0 Å². The second-order valence-electron chi connectivity index (χ2n) is 6.84. The van der Waals surface area contributed by atoms with Crippen LogP contribution in [0.3, 0.4) is 0 Å². The molecule has 1 fully saturated rings. The number of nitrogens with zero attached hydrogens (tertiary/aromatic N) is 1. The average Bonchev–Trinajstić information content (AvgIpc) is 2.60. The molecule has 0 unspecified atom stereocenters. The normalized spacial score (nSPS) is 17.9. The molecule has 1 aliphatic rings. The zero-order valence-corrected chi connectivity index (χ0v) is 15.4. The fourth-order valence-electron chi connectivity index (χ4n) is 3.21. The van der Waals surface area contributed by atoms with Gasteiger partial charge in [-0.2, -0.15) is 0 Å². The van der Waals surface area contributed by atoms with Crippen molar-refractivity contribution >= 4 is 11.6 Å². The topological polar surface area (TPSA) is 41.6 Å². The highest BCUT2D eigenvalue weighted by molar-refractivity contribution is 5.92. The fraction of sp³-hybridized carbons (Fsp3) is 0.650. The van der Waals surface area contributed by atoms with E-state index in [4.69, 9.17) is 4.74 Å². The van der Waals surface area contributed by atoms with Crippen molar-refractivity contribution in [1.29, 1.82) is 0 Å². The Morgan fingerprint density at radius 1 is 1.33 bits per heavy atom. The summed E-state index contributed by atoms with van der Waals surface area (Å²) in [4.78, 5) is 14.5. The van der Waals surface area contributed by atoms with E-state index in [1.165, 1.54) is 24.8 Å². The van der Waals surface area contributed by atoms with Gasteiger partial charge in [0, 0.05) is 31.8 Å². The van der Waals surface area contributed by atoms with Crippen LogP contribution in [0, 0.1) is 6.92 Å². The van der Waals surface area contributed by atoms with Crippen molar-refractivity contribution in [2.75, 3.05) is 32.1 Å². The van der Waals surface area contributed by atoms with Crippen LogP contribution >= 0.6 is 0 Å². The number of ether oxygens (including phenoxy) is 1. The average molecular weight is 332 g/mol. The number of aryl methyl sites for hydroxylation is 2. The standard InChI is InChI=1S/C20H32N2O2/c1-4-17-9-7-8-16(2)20(17)21-19(23)12-14-22(3)13-11-18-10-5-6-15-24-18/h7-9,18H,4-6,10-15H2,1-3H3,(H,21,23)/t18-/m0/s1. The van der Waals surface area contributed by atoms with Crippen molar-refractivity contribution in [3.05, 3.63) is 29.3 Å². The van der Waals surface area contributed by atoms with E-state index < -0.39 is 0 Å². The third-order valence-electron chi connectivity index (χ3n) is 4.83. The quantitative estimate of drug-likeness (QED) is 0.788. The molecule has 1 aliphatic heterocycles. The first-order chi connectivity index (χ1) is 11.6. The van der Waals surface area contributed by atoms with E-state index >= 15 is 0 Å². The van der Waals surface area contributed by atoms with Gasteiger partial charge in [-0.25, -0.2) is 0 Å². The van der Waals surface area contributed by atoms with Crippen molar-refractivity contribution in [1.82, 2.24) is 4.90 Å². The fourth-order valence-corrected chi connectivity index (χ4v) is 3.21. The van der Waals surface area contributed by atoms with Crippen LogP contribution in [0.15, 0.2) is 18.2 Å². The van der Waals surface area contributed by atoms with Gasteiger partial charge in [-0.15, -0.1) is 0 Å². The number of anilines is 1. The van der Waals surface area contributed by atoms with E-state index in [1.54, 1.807) is 0 Å². The number of carbonyl (C=O) groups excluding carboxylic acids is 1. The molecule has 1 atom stereocenters. The summed E-state index contributed by atoms with van der Waals surface area (Å²) < 4.78 is 5.77. The molecule has 1 saturated heterocycles. The third-order valence-corrected chi connectivity index (χ3v) is 4.83. The Kier molecular flexibility index (Phi) is 7.73. The molecular formula is C20H32N2O2. The highest BCUT2D eigenvalue weighted by Gasteiger charge is 2.15. The highest BCUT2D eigenvalue weighted by Crippen LogP contribution is 2.21. The van der Waals surface area contributed by atoms with Crippen molar-refractivity contribution in [3.63, 3.8) is 0 Å². The summed E-state index contributed by atoms with van der Waals surface area (Å²) >= 11 is 0. The molecule has 0 spiro atoms. The second kappa shape index (κ2) is 9.80. The maximum Gasteiger partial charge on any atom is 0.225 e. The van der Waals surface area contributed by atoms with Gasteiger partial charge in [0.2, 0.25) is 5.91 Å². The lowest BCUT2D eigenvalue weighted by Gasteiger charge is -2.25. The molecule has 1 aromatic rings. The summed E-state index contributed by atoms with van der Waals surface area (Å²) in [6.45, 7) is 6.85. The highest BCUT2D eigenvalue weighted by atomic mass is 16.5. The lowest BCUT2D eigenvalue weighted by atomic mass is 10.1. The molecule has 134 valence electrons. The lowest BCUT2D eigenvalue weighted by Crippen LogP contribution is -2.29. The molecule has 4 heteroatoms. The molecule has 0 saturated carbocycles. The maximum atomic E-state index is 12.3. The minimum absolute atomic E-state index is 0.0970. The number of rotatable bonds is 8. The first-order valence-electron chi connectivity index (χ1n) is 9.28. The molecule has 0 bridgehead atoms. The molecule has 1 amide bonds. The van der Waals surface area contributed by atoms with E-state index in [9.17, 15) is 4.79 Å². The van der Waals surface area contributed by atoms with Gasteiger partial charge in [-0.1, -0.05) is 25.1 Å². The molecule has 4 nitrogen and oxygen atoms in total. The summed E-state index contributed by atoms with van der Waals surface area (Å²) in [5.41, 5.74) is 3.32. The maximum absolute atomic E-state index is 12.3. The van der Waals surface area contributed by atoms with Crippen LogP contribution in [0.25, 0.3) is 0 Å². The van der Waals surface area contributed by atoms with Crippen LogP contribution in [-0.4, -0.2) is 43.7 Å². The van der Waals surface area contributed by atoms with Gasteiger partial charge >= 0.3 is 0 Å². The smallest absolute Gasteiger partial charge is 0.225 e. The summed E-state index contributed by atoms with van der Waals surface area (Å²) in [6.07, 6.45) is 6.60. The van der Waals surface area contributed by atoms with Crippen LogP contribution in [0.4, 0.5) is 5.69 Å². The lowest BCUT2D eigenvalue weighted by molar-refractivity contribution is -0.116. The van der Waals surface area contributed by atoms with Gasteiger partial charge < -0.3 is 15.0 Å². The number of benzene rings is 1. The number of hydrogen-bond donors (Lipinski definition) is 1. The van der Waals surface area contributed by atoms with Crippen molar-refractivity contribution < 1.29 is 9.53 Å². The minimum Gasteiger partial charge on any atom is -0.378 e. The van der Waals surface area contributed by atoms with E-state index in [0.29, 0.717) is 12.5 Å². The molecule has 24 heavy (non-hydrogen) atoms. The first-order valence-corrected chi connectivity index (χ1v) is 9.28. The zero-order chi connectivity index (χ0) is 17.4. The zero-order valence-electron chi connectivity index (χ0n) is 15.4. The summed E-state index contributed by atoms with van der Waals surface area (Å²) in [6, 6.07) is 6.18. The largest absolute Gasteiger partial charge is 0.378 e. The van der Waals surface area contributed by atoms with Gasteiger partial charge in [0.05, 0.1) is 6.10 Å². The van der Waals surface area contributed by atoms with Crippen LogP contribution in [0.1, 0.15) is 50.2 Å². The Balaban J connectivity index is 1.72. The predicted molar refractivity (Wildman–Crippen MR) is 99.5 cm³/mol. The molecule has 0 aliphatic carbocycles. The van der Waals surface area contributed by atoms with E-state index in [-0.39, 0.29) is 5.91 Å². The Morgan fingerprint density at radius 2 is 2.17 bits per heavy atom. The summed E-state index contributed by atoms with van der Waals surface area (Å²) in [5, 5.41) is 3.10. The van der Waals surface area contributed by atoms with Crippen LogP contribution in [0.5, 0.6) is 0 Å². The summed E-state index contributed by atoms with van der Waals surface area (Å²) in [7, 11) is 2.08. The van der Waals surface area contributed by atoms with Gasteiger partial charge in [-0.3, -0.25) is 4.79 Å². The van der Waals surface area contributed by atoms with Crippen molar-refractivity contribution in [3.8, 4) is 0 Å². The monoisotopic (exact) mass is 332 g/mol. The number of nitrogens with one attached hydrogen (secondary N) is 1. The first kappa shape index (κ1) is 18.9. The SMILES string of the molecule is CCc1cccc(C)c1NC(=O)CCN(C)CC[C@@H]1CCCCO1. The Bertz CT molecular complexity index is 524. The van der Waals surface area contributed by atoms with Crippen LogP contribution < -0.4 is 5.32 Å². The molecular weight excluding hydrogens is 300 g/mol. The third kappa shape index (κ3) is 5.91. The second-order valence-corrected chi connectivity index (χ2v) is 6.84. The van der Waals surface area contributed by atoms with E-state index in [1.807, 2.05) is 19.1 Å². The number of para-hydroxylation sites is 1. The minimum atomic E-state index is 0.0970. The Morgan fingerprint density at radius 3 is 2.88 bits per heavy atom. The molecule has 0 aromatic heterocycles. The van der Waals surface area contributed by atoms with Gasteiger partial charge in [0.1, 0.15) is 0 Å². The number of carbonyl (C=O) groups is 1. The molecule has 1 heterocycles. The molecule has 2 rings (SSSR count). The molecule has 1 N–H and O–H groups in total.